The van der Waals surface area contributed by atoms with Crippen LogP contribution < -0.4 is 25.0 Å². The number of benzene rings is 1. The minimum absolute atomic E-state index is 0. The Morgan fingerprint density at radius 2 is 1.67 bits per heavy atom. The third kappa shape index (κ3) is 8.68. The number of aliphatic imine (C=N–C) groups is 1. The average Bonchev–Trinajstić information content (AvgIpc) is 3.31. The van der Waals surface area contributed by atoms with Gasteiger partial charge in [-0.1, -0.05) is 6.92 Å². The Morgan fingerprint density at radius 1 is 1.00 bits per heavy atom. The molecule has 8 nitrogen and oxygen atoms in total. The van der Waals surface area contributed by atoms with Crippen molar-refractivity contribution in [1.29, 1.82) is 0 Å². The lowest BCUT2D eigenvalue weighted by molar-refractivity contribution is 0.136. The van der Waals surface area contributed by atoms with E-state index < -0.39 is 0 Å². The van der Waals surface area contributed by atoms with Crippen molar-refractivity contribution in [2.75, 3.05) is 85.1 Å². The van der Waals surface area contributed by atoms with Crippen molar-refractivity contribution in [3.8, 4) is 11.5 Å². The summed E-state index contributed by atoms with van der Waals surface area (Å²) in [5, 5.41) is 7.09. The fraction of sp³-hybridized carbons (Fsp3) is 0.708. The van der Waals surface area contributed by atoms with Gasteiger partial charge in [0, 0.05) is 82.8 Å². The highest BCUT2D eigenvalue weighted by atomic mass is 127. The van der Waals surface area contributed by atoms with Gasteiger partial charge in [0.05, 0.1) is 14.2 Å². The second-order valence-corrected chi connectivity index (χ2v) is 8.63. The molecule has 0 aliphatic carbocycles. The maximum Gasteiger partial charge on any atom is 0.191 e. The Hall–Kier alpha value is -1.46. The number of hydrogen-bond donors (Lipinski definition) is 2. The largest absolute Gasteiger partial charge is 0.497 e. The molecule has 2 saturated heterocycles. The molecule has 1 aromatic carbocycles. The Morgan fingerprint density at radius 3 is 2.27 bits per heavy atom. The summed E-state index contributed by atoms with van der Waals surface area (Å²) in [6, 6.07) is 6.42. The Balaban J connectivity index is 0.00000385. The number of guanidine groups is 1. The predicted octanol–water partition coefficient (Wildman–Crippen LogP) is 2.48. The standard InChI is InChI=1S/C24H42N6O2.HI/c1-5-28-12-14-29(15-13-28)10-7-6-9-26-24(25-2)27-20-8-11-30(19-20)21-16-22(31-3)18-23(17-21)32-4;/h16-18,20H,5-15,19H2,1-4H3,(H2,25,26,27);1H. The molecular formula is C24H43IN6O2. The van der Waals surface area contributed by atoms with Crippen LogP contribution in [0.25, 0.3) is 0 Å². The van der Waals surface area contributed by atoms with Crippen LogP contribution in [-0.4, -0.2) is 102 Å². The van der Waals surface area contributed by atoms with Gasteiger partial charge in [-0.25, -0.2) is 0 Å². The average molecular weight is 575 g/mol. The van der Waals surface area contributed by atoms with Crippen molar-refractivity contribution < 1.29 is 9.47 Å². The van der Waals surface area contributed by atoms with Crippen LogP contribution in [0.2, 0.25) is 0 Å². The van der Waals surface area contributed by atoms with Gasteiger partial charge in [-0.2, -0.15) is 0 Å². The van der Waals surface area contributed by atoms with Gasteiger partial charge in [0.15, 0.2) is 5.96 Å². The number of rotatable bonds is 10. The highest BCUT2D eigenvalue weighted by Crippen LogP contribution is 2.30. The van der Waals surface area contributed by atoms with E-state index in [1.54, 1.807) is 14.2 Å². The van der Waals surface area contributed by atoms with E-state index in [-0.39, 0.29) is 24.0 Å². The van der Waals surface area contributed by atoms with E-state index in [9.17, 15) is 0 Å². The quantitative estimate of drug-likeness (QED) is 0.193. The molecule has 0 saturated carbocycles. The van der Waals surface area contributed by atoms with Gasteiger partial charge in [-0.3, -0.25) is 4.99 Å². The molecule has 0 radical (unpaired) electrons. The van der Waals surface area contributed by atoms with Crippen LogP contribution >= 0.6 is 24.0 Å². The van der Waals surface area contributed by atoms with Crippen LogP contribution in [0.4, 0.5) is 5.69 Å². The minimum Gasteiger partial charge on any atom is -0.497 e. The normalized spacial score (nSPS) is 19.8. The molecule has 188 valence electrons. The molecule has 0 spiro atoms. The molecule has 1 unspecified atom stereocenters. The summed E-state index contributed by atoms with van der Waals surface area (Å²) in [6.45, 7) is 12.4. The number of nitrogens with zero attached hydrogens (tertiary/aromatic N) is 4. The highest BCUT2D eigenvalue weighted by molar-refractivity contribution is 14.0. The summed E-state index contributed by atoms with van der Waals surface area (Å²) in [6.07, 6.45) is 3.46. The summed E-state index contributed by atoms with van der Waals surface area (Å²) < 4.78 is 10.8. The third-order valence-corrected chi connectivity index (χ3v) is 6.56. The predicted molar refractivity (Wildman–Crippen MR) is 148 cm³/mol. The zero-order valence-corrected chi connectivity index (χ0v) is 23.1. The van der Waals surface area contributed by atoms with E-state index in [2.05, 4.69) is 49.4 Å². The number of nitrogens with one attached hydrogen (secondary N) is 2. The number of anilines is 1. The van der Waals surface area contributed by atoms with Crippen LogP contribution in [0, 0.1) is 0 Å². The van der Waals surface area contributed by atoms with Gasteiger partial charge in [0.1, 0.15) is 11.5 Å². The highest BCUT2D eigenvalue weighted by Gasteiger charge is 2.24. The number of hydrogen-bond acceptors (Lipinski definition) is 6. The topological polar surface area (TPSA) is 64.6 Å². The molecule has 1 aromatic rings. The minimum atomic E-state index is 0. The summed E-state index contributed by atoms with van der Waals surface area (Å²) in [5.74, 6) is 2.54. The summed E-state index contributed by atoms with van der Waals surface area (Å²) in [7, 11) is 5.23. The first-order chi connectivity index (χ1) is 15.6. The van der Waals surface area contributed by atoms with Gasteiger partial charge in [0.2, 0.25) is 0 Å². The van der Waals surface area contributed by atoms with Gasteiger partial charge in [0.25, 0.3) is 0 Å². The first kappa shape index (κ1) is 27.8. The number of ether oxygens (including phenoxy) is 2. The van der Waals surface area contributed by atoms with Crippen molar-refractivity contribution in [3.63, 3.8) is 0 Å². The first-order valence-corrected chi connectivity index (χ1v) is 12.0. The van der Waals surface area contributed by atoms with Gasteiger partial charge >= 0.3 is 0 Å². The molecule has 0 bridgehead atoms. The van der Waals surface area contributed by atoms with Crippen LogP contribution in [0.3, 0.4) is 0 Å². The SMILES string of the molecule is CCN1CCN(CCCCNC(=NC)NC2CCN(c3cc(OC)cc(OC)c3)C2)CC1.I. The lowest BCUT2D eigenvalue weighted by atomic mass is 10.2. The number of methoxy groups -OCH3 is 2. The molecule has 2 N–H and O–H groups in total. The Bertz CT molecular complexity index is 705. The van der Waals surface area contributed by atoms with Crippen LogP contribution in [0.15, 0.2) is 23.2 Å². The molecular weight excluding hydrogens is 531 g/mol. The molecule has 2 aliphatic rings. The van der Waals surface area contributed by atoms with E-state index in [1.807, 2.05) is 13.1 Å². The fourth-order valence-corrected chi connectivity index (χ4v) is 4.47. The third-order valence-electron chi connectivity index (χ3n) is 6.56. The maximum atomic E-state index is 5.42. The molecule has 0 amide bonds. The zero-order valence-electron chi connectivity index (χ0n) is 20.8. The van der Waals surface area contributed by atoms with Gasteiger partial charge < -0.3 is 34.8 Å². The van der Waals surface area contributed by atoms with Crippen LogP contribution in [0.5, 0.6) is 11.5 Å². The number of likely N-dealkylation sites (N-methyl/N-ethyl adjacent to an activating group) is 1. The fourth-order valence-electron chi connectivity index (χ4n) is 4.47. The molecule has 1 atom stereocenters. The molecule has 3 rings (SSSR count). The second kappa shape index (κ2) is 14.7. The van der Waals surface area contributed by atoms with Crippen molar-refractivity contribution in [3.05, 3.63) is 18.2 Å². The van der Waals surface area contributed by atoms with E-state index in [0.717, 1.165) is 55.6 Å². The van der Waals surface area contributed by atoms with Crippen LogP contribution in [0.1, 0.15) is 26.2 Å². The zero-order chi connectivity index (χ0) is 22.8. The number of unbranched alkanes of at least 4 members (excludes halogenated alkanes) is 1. The summed E-state index contributed by atoms with van der Waals surface area (Å²) >= 11 is 0. The van der Waals surface area contributed by atoms with E-state index in [4.69, 9.17) is 9.47 Å². The molecule has 2 heterocycles. The van der Waals surface area contributed by atoms with Crippen LogP contribution in [-0.2, 0) is 0 Å². The Labute approximate surface area is 217 Å². The molecule has 9 heteroatoms. The van der Waals surface area contributed by atoms with Crippen molar-refractivity contribution in [2.45, 2.75) is 32.2 Å². The second-order valence-electron chi connectivity index (χ2n) is 8.63. The molecule has 2 aliphatic heterocycles. The van der Waals surface area contributed by atoms with Crippen molar-refractivity contribution >= 4 is 35.6 Å². The number of piperazine rings is 1. The van der Waals surface area contributed by atoms with E-state index >= 15 is 0 Å². The van der Waals surface area contributed by atoms with Crippen molar-refractivity contribution in [2.24, 2.45) is 4.99 Å². The van der Waals surface area contributed by atoms with E-state index in [1.165, 1.54) is 45.7 Å². The summed E-state index contributed by atoms with van der Waals surface area (Å²) in [5.41, 5.74) is 1.13. The molecule has 33 heavy (non-hydrogen) atoms. The lowest BCUT2D eigenvalue weighted by Gasteiger charge is -2.34. The Kier molecular flexibility index (Phi) is 12.4. The molecule has 0 aromatic heterocycles. The van der Waals surface area contributed by atoms with Gasteiger partial charge in [-0.05, 0) is 32.4 Å². The molecule has 2 fully saturated rings. The number of halogens is 1. The summed E-state index contributed by atoms with van der Waals surface area (Å²) in [4.78, 5) is 11.9. The lowest BCUT2D eigenvalue weighted by Crippen LogP contribution is -2.46. The van der Waals surface area contributed by atoms with E-state index in [0.29, 0.717) is 6.04 Å². The smallest absolute Gasteiger partial charge is 0.191 e. The maximum absolute atomic E-state index is 5.42. The van der Waals surface area contributed by atoms with Gasteiger partial charge in [-0.15, -0.1) is 24.0 Å². The van der Waals surface area contributed by atoms with Crippen molar-refractivity contribution in [1.82, 2.24) is 20.4 Å². The first-order valence-electron chi connectivity index (χ1n) is 12.0. The monoisotopic (exact) mass is 574 g/mol.